The van der Waals surface area contributed by atoms with Gasteiger partial charge in [-0.15, -0.1) is 0 Å². The summed E-state index contributed by atoms with van der Waals surface area (Å²) in [6, 6.07) is 0. The average molecular weight is 171 g/mol. The summed E-state index contributed by atoms with van der Waals surface area (Å²) in [4.78, 5) is 2.39. The van der Waals surface area contributed by atoms with Crippen LogP contribution < -0.4 is 0 Å². The third kappa shape index (κ3) is 2.76. The minimum Gasteiger partial charge on any atom is -0.381 e. The molecule has 1 heterocycles. The van der Waals surface area contributed by atoms with E-state index in [-0.39, 0.29) is 0 Å². The molecule has 0 atom stereocenters. The number of ether oxygens (including phenoxy) is 1. The highest BCUT2D eigenvalue weighted by atomic mass is 16.5. The van der Waals surface area contributed by atoms with E-state index in [0.29, 0.717) is 5.41 Å². The lowest BCUT2D eigenvalue weighted by molar-refractivity contribution is 0.00957. The van der Waals surface area contributed by atoms with Crippen LogP contribution in [0.1, 0.15) is 26.7 Å². The molecule has 1 aliphatic rings. The molecule has 1 rings (SSSR count). The van der Waals surface area contributed by atoms with E-state index in [1.165, 1.54) is 19.4 Å². The molecule has 1 aliphatic heterocycles. The average Bonchev–Trinajstić information content (AvgIpc) is 2.05. The van der Waals surface area contributed by atoms with E-state index in [9.17, 15) is 0 Å². The molecule has 1 fully saturated rings. The van der Waals surface area contributed by atoms with Crippen molar-refractivity contribution in [1.29, 1.82) is 0 Å². The smallest absolute Gasteiger partial charge is 0.0471 e. The summed E-state index contributed by atoms with van der Waals surface area (Å²) in [7, 11) is 2.20. The molecular weight excluding hydrogens is 150 g/mol. The molecule has 1 saturated heterocycles. The van der Waals surface area contributed by atoms with Crippen LogP contribution >= 0.6 is 0 Å². The zero-order chi connectivity index (χ0) is 9.03. The second-order valence-corrected chi connectivity index (χ2v) is 4.25. The van der Waals surface area contributed by atoms with E-state index >= 15 is 0 Å². The van der Waals surface area contributed by atoms with Gasteiger partial charge in [0.2, 0.25) is 0 Å². The van der Waals surface area contributed by atoms with Gasteiger partial charge in [-0.25, -0.2) is 0 Å². The summed E-state index contributed by atoms with van der Waals surface area (Å²) >= 11 is 0. The molecule has 0 radical (unpaired) electrons. The number of rotatable bonds is 3. The Morgan fingerprint density at radius 2 is 1.92 bits per heavy atom. The lowest BCUT2D eigenvalue weighted by Crippen LogP contribution is -2.37. The molecule has 0 bridgehead atoms. The summed E-state index contributed by atoms with van der Waals surface area (Å²) in [6.07, 6.45) is 2.44. The highest BCUT2D eigenvalue weighted by Crippen LogP contribution is 2.30. The van der Waals surface area contributed by atoms with Gasteiger partial charge in [-0.3, -0.25) is 0 Å². The Labute approximate surface area is 75.9 Å². The van der Waals surface area contributed by atoms with Crippen molar-refractivity contribution in [3.05, 3.63) is 0 Å². The molecule has 0 N–H and O–H groups in total. The van der Waals surface area contributed by atoms with Crippen LogP contribution in [0.25, 0.3) is 0 Å². The van der Waals surface area contributed by atoms with Crippen LogP contribution in [-0.2, 0) is 4.74 Å². The van der Waals surface area contributed by atoms with Crippen molar-refractivity contribution in [3.63, 3.8) is 0 Å². The van der Waals surface area contributed by atoms with Gasteiger partial charge in [0.15, 0.2) is 0 Å². The summed E-state index contributed by atoms with van der Waals surface area (Å²) in [6.45, 7) is 8.86. The monoisotopic (exact) mass is 171 g/mol. The van der Waals surface area contributed by atoms with Crippen molar-refractivity contribution in [2.75, 3.05) is 33.4 Å². The largest absolute Gasteiger partial charge is 0.381 e. The normalized spacial score (nSPS) is 23.0. The van der Waals surface area contributed by atoms with Crippen molar-refractivity contribution in [3.8, 4) is 0 Å². The Morgan fingerprint density at radius 1 is 1.33 bits per heavy atom. The van der Waals surface area contributed by atoms with Crippen molar-refractivity contribution >= 4 is 0 Å². The standard InChI is InChI=1S/C10H21NO/c1-4-11(3)9-10(2)5-7-12-8-6-10/h4-9H2,1-3H3. The first-order valence-corrected chi connectivity index (χ1v) is 4.92. The van der Waals surface area contributed by atoms with Crippen molar-refractivity contribution in [2.24, 2.45) is 5.41 Å². The van der Waals surface area contributed by atoms with Crippen LogP contribution in [0, 0.1) is 5.41 Å². The SMILES string of the molecule is CCN(C)CC1(C)CCOCC1. The Hall–Kier alpha value is -0.0800. The predicted octanol–water partition coefficient (Wildman–Crippen LogP) is 1.75. The van der Waals surface area contributed by atoms with Crippen molar-refractivity contribution < 1.29 is 4.74 Å². The summed E-state index contributed by atoms with van der Waals surface area (Å²) in [5.41, 5.74) is 0.503. The van der Waals surface area contributed by atoms with E-state index in [1.807, 2.05) is 0 Å². The first kappa shape index (κ1) is 10.0. The highest BCUT2D eigenvalue weighted by molar-refractivity contribution is 4.79. The number of hydrogen-bond acceptors (Lipinski definition) is 2. The molecule has 0 aromatic rings. The third-order valence-corrected chi connectivity index (χ3v) is 2.89. The molecule has 2 heteroatoms. The fourth-order valence-corrected chi connectivity index (χ4v) is 1.79. The third-order valence-electron chi connectivity index (χ3n) is 2.89. The zero-order valence-corrected chi connectivity index (χ0v) is 8.60. The second-order valence-electron chi connectivity index (χ2n) is 4.25. The topological polar surface area (TPSA) is 12.5 Å². The van der Waals surface area contributed by atoms with Gasteiger partial charge in [0, 0.05) is 19.8 Å². The van der Waals surface area contributed by atoms with Crippen LogP contribution in [0.5, 0.6) is 0 Å². The van der Waals surface area contributed by atoms with Gasteiger partial charge >= 0.3 is 0 Å². The number of nitrogens with zero attached hydrogens (tertiary/aromatic N) is 1. The van der Waals surface area contributed by atoms with Gasteiger partial charge in [-0.2, -0.15) is 0 Å². The second kappa shape index (κ2) is 4.24. The zero-order valence-electron chi connectivity index (χ0n) is 8.60. The van der Waals surface area contributed by atoms with Crippen LogP contribution in [0.2, 0.25) is 0 Å². The molecule has 2 nitrogen and oxygen atoms in total. The quantitative estimate of drug-likeness (QED) is 0.641. The minimum atomic E-state index is 0.503. The maximum absolute atomic E-state index is 5.36. The number of hydrogen-bond donors (Lipinski definition) is 0. The lowest BCUT2D eigenvalue weighted by atomic mass is 9.82. The molecule has 12 heavy (non-hydrogen) atoms. The first-order chi connectivity index (χ1) is 5.66. The Balaban J connectivity index is 2.35. The van der Waals surface area contributed by atoms with Crippen LogP contribution in [0.3, 0.4) is 0 Å². The summed E-state index contributed by atoms with van der Waals surface area (Å²) in [5, 5.41) is 0. The van der Waals surface area contributed by atoms with Gasteiger partial charge in [0.25, 0.3) is 0 Å². The fourth-order valence-electron chi connectivity index (χ4n) is 1.79. The maximum Gasteiger partial charge on any atom is 0.0471 e. The van der Waals surface area contributed by atoms with Crippen LogP contribution in [0.4, 0.5) is 0 Å². The van der Waals surface area contributed by atoms with E-state index in [4.69, 9.17) is 4.74 Å². The van der Waals surface area contributed by atoms with Gasteiger partial charge < -0.3 is 9.64 Å². The predicted molar refractivity (Wildman–Crippen MR) is 51.3 cm³/mol. The Bertz CT molecular complexity index is 130. The van der Waals surface area contributed by atoms with Crippen LogP contribution in [0.15, 0.2) is 0 Å². The Kier molecular flexibility index (Phi) is 3.53. The van der Waals surface area contributed by atoms with Gasteiger partial charge in [-0.1, -0.05) is 13.8 Å². The molecule has 0 aliphatic carbocycles. The van der Waals surface area contributed by atoms with Crippen molar-refractivity contribution in [2.45, 2.75) is 26.7 Å². The molecule has 0 spiro atoms. The minimum absolute atomic E-state index is 0.503. The van der Waals surface area contributed by atoms with E-state index in [2.05, 4.69) is 25.8 Å². The Morgan fingerprint density at radius 3 is 2.42 bits per heavy atom. The molecule has 0 aromatic heterocycles. The molecule has 0 unspecified atom stereocenters. The molecular formula is C10H21NO. The summed E-state index contributed by atoms with van der Waals surface area (Å²) < 4.78 is 5.36. The van der Waals surface area contributed by atoms with Crippen molar-refractivity contribution in [1.82, 2.24) is 4.90 Å². The first-order valence-electron chi connectivity index (χ1n) is 4.92. The van der Waals surface area contributed by atoms with E-state index in [1.54, 1.807) is 0 Å². The molecule has 0 saturated carbocycles. The van der Waals surface area contributed by atoms with Crippen LogP contribution in [-0.4, -0.2) is 38.3 Å². The van der Waals surface area contributed by atoms with Gasteiger partial charge in [-0.05, 0) is 31.8 Å². The van der Waals surface area contributed by atoms with Gasteiger partial charge in [0.05, 0.1) is 0 Å². The molecule has 0 aromatic carbocycles. The maximum atomic E-state index is 5.36. The molecule has 72 valence electrons. The lowest BCUT2D eigenvalue weighted by Gasteiger charge is -2.36. The fraction of sp³-hybridized carbons (Fsp3) is 1.00. The van der Waals surface area contributed by atoms with E-state index in [0.717, 1.165) is 19.8 Å². The highest BCUT2D eigenvalue weighted by Gasteiger charge is 2.27. The van der Waals surface area contributed by atoms with Gasteiger partial charge in [0.1, 0.15) is 0 Å². The summed E-state index contributed by atoms with van der Waals surface area (Å²) in [5.74, 6) is 0. The van der Waals surface area contributed by atoms with E-state index < -0.39 is 0 Å². The molecule has 0 amide bonds.